The van der Waals surface area contributed by atoms with Gasteiger partial charge in [0.15, 0.2) is 0 Å². The molecule has 0 aliphatic carbocycles. The number of nitrogens with one attached hydrogen (secondary N) is 2. The zero-order valence-corrected chi connectivity index (χ0v) is 13.8. The van der Waals surface area contributed by atoms with Crippen molar-refractivity contribution in [1.82, 2.24) is 15.6 Å². The minimum atomic E-state index is -4.51. The van der Waals surface area contributed by atoms with Crippen molar-refractivity contribution in [2.45, 2.75) is 18.2 Å². The minimum absolute atomic E-state index is 0.110. The fraction of sp³-hybridized carbons (Fsp3) is 0.333. The first kappa shape index (κ1) is 18.3. The van der Waals surface area contributed by atoms with Gasteiger partial charge in [-0.2, -0.15) is 13.2 Å². The highest BCUT2D eigenvalue weighted by molar-refractivity contribution is 5.94. The largest absolute Gasteiger partial charge is 0.418 e. The lowest BCUT2D eigenvalue weighted by Crippen LogP contribution is -2.44. The molecular formula is C18H18F3N3O2. The topological polar surface area (TPSA) is 74.2 Å². The number of benzene rings is 1. The number of aromatic nitrogens is 1. The Morgan fingerprint density at radius 1 is 1.27 bits per heavy atom. The normalized spacial score (nSPS) is 20.2. The smallest absolute Gasteiger partial charge is 0.387 e. The molecule has 0 bridgehead atoms. The molecule has 3 rings (SSSR count). The minimum Gasteiger partial charge on any atom is -0.387 e. The van der Waals surface area contributed by atoms with Gasteiger partial charge >= 0.3 is 6.18 Å². The number of carbonyl (C=O) groups excluding carboxylic acids is 1. The summed E-state index contributed by atoms with van der Waals surface area (Å²) in [6.07, 6.45) is -2.67. The Hall–Kier alpha value is -2.45. The van der Waals surface area contributed by atoms with Crippen molar-refractivity contribution in [1.29, 1.82) is 0 Å². The summed E-state index contributed by atoms with van der Waals surface area (Å²) < 4.78 is 39.3. The van der Waals surface area contributed by atoms with E-state index in [0.717, 1.165) is 6.07 Å². The van der Waals surface area contributed by atoms with Crippen LogP contribution in [-0.2, 0) is 6.18 Å². The average Bonchev–Trinajstić information content (AvgIpc) is 3.06. The zero-order valence-electron chi connectivity index (χ0n) is 13.8. The van der Waals surface area contributed by atoms with Gasteiger partial charge in [0.05, 0.1) is 16.9 Å². The summed E-state index contributed by atoms with van der Waals surface area (Å²) in [7, 11) is 0. The third-order valence-electron chi connectivity index (χ3n) is 4.33. The molecule has 1 atom stereocenters. The summed E-state index contributed by atoms with van der Waals surface area (Å²) in [5.74, 6) is -0.394. The maximum Gasteiger partial charge on any atom is 0.418 e. The molecule has 3 N–H and O–H groups in total. The third-order valence-corrected chi connectivity index (χ3v) is 4.33. The maximum atomic E-state index is 13.1. The van der Waals surface area contributed by atoms with Crippen LogP contribution in [0.4, 0.5) is 13.2 Å². The van der Waals surface area contributed by atoms with Gasteiger partial charge in [-0.25, -0.2) is 0 Å². The van der Waals surface area contributed by atoms with Gasteiger partial charge in [-0.15, -0.1) is 0 Å². The Labute approximate surface area is 148 Å². The van der Waals surface area contributed by atoms with Gasteiger partial charge in [-0.05, 0) is 37.2 Å². The van der Waals surface area contributed by atoms with Crippen molar-refractivity contribution in [3.63, 3.8) is 0 Å². The van der Waals surface area contributed by atoms with E-state index in [-0.39, 0.29) is 17.8 Å². The highest BCUT2D eigenvalue weighted by Crippen LogP contribution is 2.35. The summed E-state index contributed by atoms with van der Waals surface area (Å²) >= 11 is 0. The third kappa shape index (κ3) is 4.03. The lowest BCUT2D eigenvalue weighted by molar-refractivity contribution is -0.137. The number of rotatable bonds is 4. The number of halogens is 3. The molecule has 138 valence electrons. The van der Waals surface area contributed by atoms with Crippen molar-refractivity contribution < 1.29 is 23.1 Å². The molecule has 0 unspecified atom stereocenters. The zero-order chi connectivity index (χ0) is 18.8. The van der Waals surface area contributed by atoms with Crippen molar-refractivity contribution in [2.24, 2.45) is 0 Å². The van der Waals surface area contributed by atoms with E-state index in [9.17, 15) is 23.1 Å². The molecule has 1 amide bonds. The molecule has 8 heteroatoms. The molecular weight excluding hydrogens is 347 g/mol. The molecule has 1 fully saturated rings. The number of aliphatic hydroxyl groups is 1. The molecule has 1 aromatic heterocycles. The van der Waals surface area contributed by atoms with Crippen LogP contribution in [0.2, 0.25) is 0 Å². The van der Waals surface area contributed by atoms with Crippen LogP contribution in [0.1, 0.15) is 22.3 Å². The standard InChI is InChI=1S/C18H18F3N3O2/c19-18(20,21)14-2-1-8-23-15(14)12-3-5-13(6-4-12)16(25)24-11-17(26)7-9-22-10-17/h1-6,8,22,26H,7,9-11H2,(H,24,25)/t17-/m0/s1. The Kier molecular flexibility index (Phi) is 4.97. The second kappa shape index (κ2) is 7.05. The number of amides is 1. The van der Waals surface area contributed by atoms with Crippen LogP contribution < -0.4 is 10.6 Å². The van der Waals surface area contributed by atoms with Gasteiger partial charge in [-0.1, -0.05) is 12.1 Å². The lowest BCUT2D eigenvalue weighted by Gasteiger charge is -2.21. The van der Waals surface area contributed by atoms with Crippen molar-refractivity contribution in [3.8, 4) is 11.3 Å². The predicted octanol–water partition coefficient (Wildman–Crippen LogP) is 2.22. The number of nitrogens with zero attached hydrogens (tertiary/aromatic N) is 1. The molecule has 0 spiro atoms. The van der Waals surface area contributed by atoms with E-state index < -0.39 is 23.2 Å². The first-order valence-corrected chi connectivity index (χ1v) is 8.12. The molecule has 0 saturated carbocycles. The van der Waals surface area contributed by atoms with E-state index in [0.29, 0.717) is 25.1 Å². The molecule has 0 radical (unpaired) electrons. The molecule has 1 aliphatic rings. The van der Waals surface area contributed by atoms with Crippen LogP contribution in [-0.4, -0.2) is 41.2 Å². The molecule has 1 saturated heterocycles. The second-order valence-electron chi connectivity index (χ2n) is 6.31. The lowest BCUT2D eigenvalue weighted by atomic mass is 10.0. The summed E-state index contributed by atoms with van der Waals surface area (Å²) in [6, 6.07) is 7.94. The highest BCUT2D eigenvalue weighted by Gasteiger charge is 2.34. The Bertz CT molecular complexity index is 785. The first-order valence-electron chi connectivity index (χ1n) is 8.12. The fourth-order valence-electron chi connectivity index (χ4n) is 2.87. The number of pyridine rings is 1. The Balaban J connectivity index is 1.74. The van der Waals surface area contributed by atoms with Gasteiger partial charge in [-0.3, -0.25) is 9.78 Å². The number of carbonyl (C=O) groups is 1. The highest BCUT2D eigenvalue weighted by atomic mass is 19.4. The number of alkyl halides is 3. The molecule has 2 heterocycles. The Morgan fingerprint density at radius 3 is 2.62 bits per heavy atom. The average molecular weight is 365 g/mol. The maximum absolute atomic E-state index is 13.1. The van der Waals surface area contributed by atoms with Crippen molar-refractivity contribution >= 4 is 5.91 Å². The SMILES string of the molecule is O=C(NC[C@]1(O)CCNC1)c1ccc(-c2ncccc2C(F)(F)F)cc1. The van der Waals surface area contributed by atoms with E-state index in [4.69, 9.17) is 0 Å². The summed E-state index contributed by atoms with van der Waals surface area (Å²) in [5.41, 5.74) is -1.40. The van der Waals surface area contributed by atoms with Gasteiger partial charge in [0.25, 0.3) is 5.91 Å². The first-order chi connectivity index (χ1) is 12.3. The van der Waals surface area contributed by atoms with Crippen LogP contribution in [0, 0.1) is 0 Å². The molecule has 26 heavy (non-hydrogen) atoms. The van der Waals surface area contributed by atoms with Crippen LogP contribution in [0.15, 0.2) is 42.6 Å². The van der Waals surface area contributed by atoms with Crippen molar-refractivity contribution in [3.05, 3.63) is 53.7 Å². The molecule has 1 aliphatic heterocycles. The van der Waals surface area contributed by atoms with Gasteiger partial charge in [0.1, 0.15) is 0 Å². The fourth-order valence-corrected chi connectivity index (χ4v) is 2.87. The van der Waals surface area contributed by atoms with Gasteiger partial charge in [0, 0.05) is 30.4 Å². The van der Waals surface area contributed by atoms with E-state index in [1.165, 1.54) is 36.5 Å². The van der Waals surface area contributed by atoms with E-state index >= 15 is 0 Å². The number of hydrogen-bond acceptors (Lipinski definition) is 4. The quantitative estimate of drug-likeness (QED) is 0.777. The van der Waals surface area contributed by atoms with Crippen LogP contribution in [0.25, 0.3) is 11.3 Å². The van der Waals surface area contributed by atoms with E-state index in [2.05, 4.69) is 15.6 Å². The van der Waals surface area contributed by atoms with Crippen LogP contribution in [0.5, 0.6) is 0 Å². The van der Waals surface area contributed by atoms with E-state index in [1.54, 1.807) is 0 Å². The molecule has 1 aromatic carbocycles. The van der Waals surface area contributed by atoms with Crippen LogP contribution in [0.3, 0.4) is 0 Å². The molecule has 2 aromatic rings. The Morgan fingerprint density at radius 2 is 2.00 bits per heavy atom. The summed E-state index contributed by atoms with van der Waals surface area (Å²) in [6.45, 7) is 1.21. The van der Waals surface area contributed by atoms with Gasteiger partial charge in [0.2, 0.25) is 0 Å². The summed E-state index contributed by atoms with van der Waals surface area (Å²) in [5, 5.41) is 15.9. The predicted molar refractivity (Wildman–Crippen MR) is 89.4 cm³/mol. The molecule has 5 nitrogen and oxygen atoms in total. The van der Waals surface area contributed by atoms with E-state index in [1.807, 2.05) is 0 Å². The number of hydrogen-bond donors (Lipinski definition) is 3. The number of β-amino-alcohol motifs (C(OH)–C–C–N with tert-alkyl or cyclic N) is 1. The monoisotopic (exact) mass is 365 g/mol. The second-order valence-corrected chi connectivity index (χ2v) is 6.31. The van der Waals surface area contributed by atoms with Crippen LogP contribution >= 0.6 is 0 Å². The van der Waals surface area contributed by atoms with Crippen molar-refractivity contribution in [2.75, 3.05) is 19.6 Å². The van der Waals surface area contributed by atoms with Gasteiger partial charge < -0.3 is 15.7 Å². The summed E-state index contributed by atoms with van der Waals surface area (Å²) in [4.78, 5) is 16.0.